The minimum Gasteiger partial charge on any atom is -0.244 e. The van der Waals surface area contributed by atoms with Gasteiger partial charge in [-0.05, 0) is 17.0 Å². The molecule has 3 nitrogen and oxygen atoms in total. The summed E-state index contributed by atoms with van der Waals surface area (Å²) in [6.45, 7) is 5.98. The highest BCUT2D eigenvalue weighted by Gasteiger charge is 2.18. The molecule has 0 atom stereocenters. The van der Waals surface area contributed by atoms with Crippen molar-refractivity contribution in [3.8, 4) is 0 Å². The quantitative estimate of drug-likeness (QED) is 0.783. The number of hydrogen-bond acceptors (Lipinski definition) is 3. The minimum atomic E-state index is -3.84. The Morgan fingerprint density at radius 3 is 2.27 bits per heavy atom. The first-order valence-corrected chi connectivity index (χ1v) is 6.18. The lowest BCUT2D eigenvalue weighted by atomic mass is 9.88. The SMILES string of the molecule is CC(C)(C)c1ccc(S(=O)(=O)CF)nc1. The molecule has 5 heteroatoms. The molecule has 1 aromatic rings. The van der Waals surface area contributed by atoms with Gasteiger partial charge in [0, 0.05) is 6.20 Å². The lowest BCUT2D eigenvalue weighted by Crippen LogP contribution is -2.13. The monoisotopic (exact) mass is 231 g/mol. The van der Waals surface area contributed by atoms with Crippen LogP contribution in [0.15, 0.2) is 23.4 Å². The zero-order valence-electron chi connectivity index (χ0n) is 8.99. The third kappa shape index (κ3) is 2.75. The Balaban J connectivity index is 3.12. The van der Waals surface area contributed by atoms with E-state index in [1.54, 1.807) is 6.07 Å². The summed E-state index contributed by atoms with van der Waals surface area (Å²) >= 11 is 0. The van der Waals surface area contributed by atoms with Crippen molar-refractivity contribution in [1.82, 2.24) is 4.98 Å². The van der Waals surface area contributed by atoms with E-state index in [2.05, 4.69) is 4.98 Å². The third-order valence-corrected chi connectivity index (χ3v) is 3.23. The molecule has 1 heterocycles. The van der Waals surface area contributed by atoms with Crippen molar-refractivity contribution in [2.24, 2.45) is 0 Å². The first-order chi connectivity index (χ1) is 6.77. The van der Waals surface area contributed by atoms with Gasteiger partial charge in [0.2, 0.25) is 9.84 Å². The zero-order valence-corrected chi connectivity index (χ0v) is 9.81. The van der Waals surface area contributed by atoms with Crippen LogP contribution in [-0.2, 0) is 15.3 Å². The van der Waals surface area contributed by atoms with Gasteiger partial charge in [0.25, 0.3) is 0 Å². The Labute approximate surface area is 89.3 Å². The van der Waals surface area contributed by atoms with Crippen molar-refractivity contribution in [1.29, 1.82) is 0 Å². The third-order valence-electron chi connectivity index (χ3n) is 2.06. The molecule has 0 bridgehead atoms. The minimum absolute atomic E-state index is 0.0923. The van der Waals surface area contributed by atoms with E-state index in [0.717, 1.165) is 5.56 Å². The van der Waals surface area contributed by atoms with Crippen LogP contribution in [-0.4, -0.2) is 19.4 Å². The molecule has 0 aliphatic carbocycles. The van der Waals surface area contributed by atoms with E-state index in [1.165, 1.54) is 12.3 Å². The van der Waals surface area contributed by atoms with Gasteiger partial charge in [-0.2, -0.15) is 0 Å². The number of hydrogen-bond donors (Lipinski definition) is 0. The molecule has 1 rings (SSSR count). The van der Waals surface area contributed by atoms with Gasteiger partial charge in [-0.3, -0.25) is 0 Å². The van der Waals surface area contributed by atoms with Gasteiger partial charge in [0.05, 0.1) is 0 Å². The van der Waals surface area contributed by atoms with Crippen LogP contribution in [0.1, 0.15) is 26.3 Å². The predicted octanol–water partition coefficient (Wildman–Crippen LogP) is 2.08. The Morgan fingerprint density at radius 2 is 1.93 bits per heavy atom. The molecule has 0 aliphatic heterocycles. The number of rotatable bonds is 2. The van der Waals surface area contributed by atoms with E-state index >= 15 is 0 Å². The molecule has 0 N–H and O–H groups in total. The summed E-state index contributed by atoms with van der Waals surface area (Å²) in [7, 11) is -3.84. The molecule has 0 aliphatic rings. The van der Waals surface area contributed by atoms with E-state index < -0.39 is 15.8 Å². The first kappa shape index (κ1) is 12.1. The van der Waals surface area contributed by atoms with E-state index in [-0.39, 0.29) is 10.4 Å². The van der Waals surface area contributed by atoms with Gasteiger partial charge in [-0.25, -0.2) is 17.8 Å². The van der Waals surface area contributed by atoms with Crippen molar-refractivity contribution in [2.45, 2.75) is 31.2 Å². The second-order valence-corrected chi connectivity index (χ2v) is 6.22. The topological polar surface area (TPSA) is 47.0 Å². The summed E-state index contributed by atoms with van der Waals surface area (Å²) in [5.41, 5.74) is 0.825. The smallest absolute Gasteiger partial charge is 0.224 e. The molecule has 0 aromatic carbocycles. The summed E-state index contributed by atoms with van der Waals surface area (Å²) in [5.74, 6) is 0. The maximum atomic E-state index is 12.2. The Kier molecular flexibility index (Phi) is 3.13. The fourth-order valence-corrected chi connectivity index (χ4v) is 1.66. The number of pyridine rings is 1. The molecule has 0 spiro atoms. The number of nitrogens with zero attached hydrogens (tertiary/aromatic N) is 1. The number of sulfone groups is 1. The van der Waals surface area contributed by atoms with Crippen LogP contribution in [0.25, 0.3) is 0 Å². The van der Waals surface area contributed by atoms with Gasteiger partial charge < -0.3 is 0 Å². The molecular weight excluding hydrogens is 217 g/mol. The molecule has 0 fully saturated rings. The van der Waals surface area contributed by atoms with E-state index in [9.17, 15) is 12.8 Å². The summed E-state index contributed by atoms with van der Waals surface area (Å²) in [6, 6.07) is 1.60. The van der Waals surface area contributed by atoms with Crippen LogP contribution in [0.2, 0.25) is 0 Å². The number of alkyl halides is 1. The van der Waals surface area contributed by atoms with Crippen LogP contribution in [0.4, 0.5) is 4.39 Å². The Morgan fingerprint density at radius 1 is 1.33 bits per heavy atom. The lowest BCUT2D eigenvalue weighted by Gasteiger charge is -2.18. The standard InChI is InChI=1S/C10H14FNO2S/c1-10(2,3)8-4-5-9(12-6-8)15(13,14)7-11/h4-6H,7H2,1-3H3. The van der Waals surface area contributed by atoms with Crippen LogP contribution < -0.4 is 0 Å². The van der Waals surface area contributed by atoms with Crippen LogP contribution in [0.5, 0.6) is 0 Å². The van der Waals surface area contributed by atoms with Crippen molar-refractivity contribution in [3.05, 3.63) is 23.9 Å². The first-order valence-electron chi connectivity index (χ1n) is 4.52. The normalized spacial score (nSPS) is 12.8. The summed E-state index contributed by atoms with van der Waals surface area (Å²) < 4.78 is 34.4. The van der Waals surface area contributed by atoms with Crippen LogP contribution >= 0.6 is 0 Å². The van der Waals surface area contributed by atoms with Crippen LogP contribution in [0.3, 0.4) is 0 Å². The maximum absolute atomic E-state index is 12.2. The molecular formula is C10H14FNO2S. The zero-order chi connectivity index (χ0) is 11.7. The van der Waals surface area contributed by atoms with Gasteiger partial charge in [-0.1, -0.05) is 26.8 Å². The Hall–Kier alpha value is -0.970. The van der Waals surface area contributed by atoms with E-state index in [0.29, 0.717) is 0 Å². The predicted molar refractivity (Wildman–Crippen MR) is 56.1 cm³/mol. The fraction of sp³-hybridized carbons (Fsp3) is 0.500. The fourth-order valence-electron chi connectivity index (χ4n) is 1.06. The lowest BCUT2D eigenvalue weighted by molar-refractivity contribution is 0.531. The highest BCUT2D eigenvalue weighted by atomic mass is 32.2. The summed E-state index contributed by atoms with van der Waals surface area (Å²) in [6.07, 6.45) is 1.47. The molecule has 0 radical (unpaired) electrons. The molecule has 1 aromatic heterocycles. The van der Waals surface area contributed by atoms with E-state index in [1.807, 2.05) is 20.8 Å². The van der Waals surface area contributed by atoms with Gasteiger partial charge in [-0.15, -0.1) is 0 Å². The van der Waals surface area contributed by atoms with Gasteiger partial charge in [0.1, 0.15) is 0 Å². The second kappa shape index (κ2) is 3.89. The van der Waals surface area contributed by atoms with Gasteiger partial charge in [0.15, 0.2) is 11.0 Å². The second-order valence-electron chi connectivity index (χ2n) is 4.36. The van der Waals surface area contributed by atoms with Crippen LogP contribution in [0, 0.1) is 0 Å². The summed E-state index contributed by atoms with van der Waals surface area (Å²) in [5, 5.41) is -0.210. The van der Waals surface area contributed by atoms with E-state index in [4.69, 9.17) is 0 Å². The van der Waals surface area contributed by atoms with Crippen molar-refractivity contribution >= 4 is 9.84 Å². The molecule has 0 amide bonds. The average molecular weight is 231 g/mol. The number of aromatic nitrogens is 1. The molecule has 15 heavy (non-hydrogen) atoms. The van der Waals surface area contributed by atoms with Crippen molar-refractivity contribution in [2.75, 3.05) is 6.01 Å². The average Bonchev–Trinajstić information content (AvgIpc) is 2.17. The maximum Gasteiger partial charge on any atom is 0.224 e. The summed E-state index contributed by atoms with van der Waals surface area (Å²) in [4.78, 5) is 3.76. The largest absolute Gasteiger partial charge is 0.244 e. The number of halogens is 1. The van der Waals surface area contributed by atoms with Crippen molar-refractivity contribution < 1.29 is 12.8 Å². The molecule has 0 saturated carbocycles. The molecule has 0 unspecified atom stereocenters. The van der Waals surface area contributed by atoms with Gasteiger partial charge >= 0.3 is 0 Å². The molecule has 84 valence electrons. The van der Waals surface area contributed by atoms with Crippen molar-refractivity contribution in [3.63, 3.8) is 0 Å². The molecule has 0 saturated heterocycles. The highest BCUT2D eigenvalue weighted by molar-refractivity contribution is 7.91. The Bertz CT molecular complexity index is 431. The highest BCUT2D eigenvalue weighted by Crippen LogP contribution is 2.22.